The molecule has 22 heavy (non-hydrogen) atoms. The van der Waals surface area contributed by atoms with Crippen molar-refractivity contribution >= 4 is 11.8 Å². The first-order valence-electron chi connectivity index (χ1n) is 7.93. The van der Waals surface area contributed by atoms with E-state index in [1.165, 1.54) is 5.56 Å². The number of carbonyl (C=O) groups excluding carboxylic acids is 2. The van der Waals surface area contributed by atoms with Crippen molar-refractivity contribution in [3.63, 3.8) is 0 Å². The zero-order valence-electron chi connectivity index (χ0n) is 13.2. The summed E-state index contributed by atoms with van der Waals surface area (Å²) in [5, 5.41) is 5.66. The number of hydrogen-bond acceptors (Lipinski definition) is 3. The Morgan fingerprint density at radius 1 is 1.18 bits per heavy atom. The van der Waals surface area contributed by atoms with Gasteiger partial charge in [0.05, 0.1) is 6.54 Å². The summed E-state index contributed by atoms with van der Waals surface area (Å²) >= 11 is 0. The van der Waals surface area contributed by atoms with Gasteiger partial charge < -0.3 is 10.6 Å². The largest absolute Gasteiger partial charge is 0.359 e. The lowest BCUT2D eigenvalue weighted by atomic mass is 9.96. The number of likely N-dealkylation sites (tertiary alicyclic amines) is 1. The van der Waals surface area contributed by atoms with Crippen molar-refractivity contribution in [1.82, 2.24) is 15.5 Å². The van der Waals surface area contributed by atoms with E-state index in [-0.39, 0.29) is 17.7 Å². The molecule has 120 valence electrons. The van der Waals surface area contributed by atoms with Crippen molar-refractivity contribution in [2.24, 2.45) is 5.92 Å². The van der Waals surface area contributed by atoms with Gasteiger partial charge in [-0.2, -0.15) is 0 Å². The van der Waals surface area contributed by atoms with Gasteiger partial charge in [0.25, 0.3) is 0 Å². The molecule has 2 N–H and O–H groups in total. The van der Waals surface area contributed by atoms with Gasteiger partial charge in [0.1, 0.15) is 0 Å². The summed E-state index contributed by atoms with van der Waals surface area (Å²) in [6.07, 6.45) is 2.51. The molecule has 1 saturated heterocycles. The van der Waals surface area contributed by atoms with E-state index in [1.807, 2.05) is 18.2 Å². The second kappa shape index (κ2) is 8.54. The summed E-state index contributed by atoms with van der Waals surface area (Å²) in [6.45, 7) is 2.71. The van der Waals surface area contributed by atoms with Crippen LogP contribution in [0, 0.1) is 5.92 Å². The lowest BCUT2D eigenvalue weighted by Crippen LogP contribution is -2.44. The van der Waals surface area contributed by atoms with E-state index < -0.39 is 0 Å². The zero-order valence-corrected chi connectivity index (χ0v) is 13.2. The Morgan fingerprint density at radius 2 is 1.86 bits per heavy atom. The fourth-order valence-corrected chi connectivity index (χ4v) is 2.81. The van der Waals surface area contributed by atoms with Gasteiger partial charge in [0.15, 0.2) is 0 Å². The summed E-state index contributed by atoms with van der Waals surface area (Å²) in [7, 11) is 1.68. The monoisotopic (exact) mass is 303 g/mol. The lowest BCUT2D eigenvalue weighted by Gasteiger charge is -2.30. The van der Waals surface area contributed by atoms with Gasteiger partial charge >= 0.3 is 0 Å². The van der Waals surface area contributed by atoms with Crippen LogP contribution in [0.15, 0.2) is 30.3 Å². The number of nitrogens with zero attached hydrogens (tertiary/aromatic N) is 1. The van der Waals surface area contributed by atoms with E-state index in [2.05, 4.69) is 27.7 Å². The molecule has 1 aromatic carbocycles. The molecule has 0 spiro atoms. The maximum absolute atomic E-state index is 11.9. The predicted octanol–water partition coefficient (Wildman–Crippen LogP) is 0.803. The van der Waals surface area contributed by atoms with Gasteiger partial charge in [-0.15, -0.1) is 0 Å². The highest BCUT2D eigenvalue weighted by molar-refractivity contribution is 5.79. The van der Waals surface area contributed by atoms with E-state index in [0.29, 0.717) is 13.1 Å². The maximum Gasteiger partial charge on any atom is 0.234 e. The van der Waals surface area contributed by atoms with Gasteiger partial charge in [-0.25, -0.2) is 0 Å². The molecule has 2 amide bonds. The number of carbonyl (C=O) groups is 2. The molecule has 0 atom stereocenters. The number of hydrogen-bond donors (Lipinski definition) is 2. The number of piperidine rings is 1. The number of rotatable bonds is 6. The Hall–Kier alpha value is -1.88. The number of nitrogens with one attached hydrogen (secondary N) is 2. The van der Waals surface area contributed by atoms with Crippen molar-refractivity contribution in [3.05, 3.63) is 35.9 Å². The molecule has 1 aliphatic rings. The molecular weight excluding hydrogens is 278 g/mol. The third-order valence-electron chi connectivity index (χ3n) is 4.15. The van der Waals surface area contributed by atoms with Gasteiger partial charge in [-0.1, -0.05) is 30.3 Å². The molecule has 1 fully saturated rings. The molecule has 0 aliphatic carbocycles. The molecule has 0 saturated carbocycles. The molecule has 5 heteroatoms. The molecule has 1 aliphatic heterocycles. The van der Waals surface area contributed by atoms with Gasteiger partial charge in [0.2, 0.25) is 11.8 Å². The van der Waals surface area contributed by atoms with Crippen molar-refractivity contribution < 1.29 is 9.59 Å². The van der Waals surface area contributed by atoms with Crippen LogP contribution < -0.4 is 10.6 Å². The molecule has 5 nitrogen and oxygen atoms in total. The van der Waals surface area contributed by atoms with Crippen LogP contribution in [0.4, 0.5) is 0 Å². The average molecular weight is 303 g/mol. The molecule has 1 heterocycles. The maximum atomic E-state index is 11.9. The molecule has 1 aromatic rings. The Balaban J connectivity index is 1.63. The molecule has 0 bridgehead atoms. The quantitative estimate of drug-likeness (QED) is 0.817. The first-order valence-corrected chi connectivity index (χ1v) is 7.93. The van der Waals surface area contributed by atoms with Crippen LogP contribution in [-0.4, -0.2) is 49.9 Å². The third-order valence-corrected chi connectivity index (χ3v) is 4.15. The second-order valence-corrected chi connectivity index (χ2v) is 5.75. The van der Waals surface area contributed by atoms with Crippen LogP contribution in [0.3, 0.4) is 0 Å². The van der Waals surface area contributed by atoms with Crippen LogP contribution in [-0.2, 0) is 16.0 Å². The van der Waals surface area contributed by atoms with Crippen molar-refractivity contribution in [2.75, 3.05) is 33.2 Å². The number of amides is 2. The highest BCUT2D eigenvalue weighted by Gasteiger charge is 2.24. The first-order chi connectivity index (χ1) is 10.7. The van der Waals surface area contributed by atoms with E-state index in [0.717, 1.165) is 32.4 Å². The van der Waals surface area contributed by atoms with Crippen LogP contribution in [0.1, 0.15) is 18.4 Å². The molecule has 0 radical (unpaired) electrons. The minimum Gasteiger partial charge on any atom is -0.359 e. The van der Waals surface area contributed by atoms with Crippen molar-refractivity contribution in [1.29, 1.82) is 0 Å². The lowest BCUT2D eigenvalue weighted by molar-refractivity contribution is -0.126. The van der Waals surface area contributed by atoms with Crippen LogP contribution in [0.5, 0.6) is 0 Å². The fraction of sp³-hybridized carbons (Fsp3) is 0.529. The summed E-state index contributed by atoms with van der Waals surface area (Å²) in [5.74, 6) is 0.281. The second-order valence-electron chi connectivity index (χ2n) is 5.75. The highest BCUT2D eigenvalue weighted by Crippen LogP contribution is 2.16. The molecule has 0 unspecified atom stereocenters. The van der Waals surface area contributed by atoms with Crippen LogP contribution >= 0.6 is 0 Å². The Kier molecular flexibility index (Phi) is 6.40. The molecule has 0 aromatic heterocycles. The minimum atomic E-state index is 0.0642. The summed E-state index contributed by atoms with van der Waals surface area (Å²) in [5.41, 5.74) is 1.23. The van der Waals surface area contributed by atoms with Gasteiger partial charge in [0, 0.05) is 19.5 Å². The van der Waals surface area contributed by atoms with Gasteiger partial charge in [-0.05, 0) is 37.9 Å². The predicted molar refractivity (Wildman–Crippen MR) is 86.4 cm³/mol. The minimum absolute atomic E-state index is 0.0642. The normalized spacial score (nSPS) is 16.2. The van der Waals surface area contributed by atoms with Gasteiger partial charge in [-0.3, -0.25) is 14.5 Å². The number of benzene rings is 1. The Morgan fingerprint density at radius 3 is 2.50 bits per heavy atom. The standard InChI is InChI=1S/C17H25N3O2/c1-18-17(22)15-8-11-20(12-9-15)13-16(21)19-10-7-14-5-3-2-4-6-14/h2-6,15H,7-13H2,1H3,(H,18,22)(H,19,21). The van der Waals surface area contributed by atoms with E-state index in [9.17, 15) is 9.59 Å². The zero-order chi connectivity index (χ0) is 15.8. The van der Waals surface area contributed by atoms with Crippen LogP contribution in [0.25, 0.3) is 0 Å². The average Bonchev–Trinajstić information content (AvgIpc) is 2.56. The Bertz CT molecular complexity index is 482. The van der Waals surface area contributed by atoms with Crippen molar-refractivity contribution in [2.45, 2.75) is 19.3 Å². The summed E-state index contributed by atoms with van der Waals surface area (Å²) in [4.78, 5) is 25.6. The van der Waals surface area contributed by atoms with E-state index in [4.69, 9.17) is 0 Å². The smallest absolute Gasteiger partial charge is 0.234 e. The highest BCUT2D eigenvalue weighted by atomic mass is 16.2. The Labute approximate surface area is 132 Å². The topological polar surface area (TPSA) is 61.4 Å². The van der Waals surface area contributed by atoms with E-state index in [1.54, 1.807) is 7.05 Å². The first kappa shape index (κ1) is 16.5. The summed E-state index contributed by atoms with van der Waals surface area (Å²) < 4.78 is 0. The molecule has 2 rings (SSSR count). The third kappa shape index (κ3) is 5.15. The van der Waals surface area contributed by atoms with E-state index >= 15 is 0 Å². The fourth-order valence-electron chi connectivity index (χ4n) is 2.81. The summed E-state index contributed by atoms with van der Waals surface area (Å²) in [6, 6.07) is 10.1. The van der Waals surface area contributed by atoms with Crippen LogP contribution in [0.2, 0.25) is 0 Å². The van der Waals surface area contributed by atoms with Crippen molar-refractivity contribution in [3.8, 4) is 0 Å². The SMILES string of the molecule is CNC(=O)C1CCN(CC(=O)NCCc2ccccc2)CC1. The molecular formula is C17H25N3O2.